The van der Waals surface area contributed by atoms with Crippen molar-refractivity contribution in [1.29, 1.82) is 0 Å². The molecule has 0 fully saturated rings. The molecule has 0 bridgehead atoms. The fourth-order valence-electron chi connectivity index (χ4n) is 3.87. The normalized spacial score (nSPS) is 16.8. The summed E-state index contributed by atoms with van der Waals surface area (Å²) in [5.41, 5.74) is 1.28. The molecule has 0 saturated carbocycles. The van der Waals surface area contributed by atoms with Crippen LogP contribution in [0.5, 0.6) is 0 Å². The first kappa shape index (κ1) is 18.8. The van der Waals surface area contributed by atoms with Crippen LogP contribution in [-0.2, 0) is 20.1 Å². The average Bonchev–Trinajstić information content (AvgIpc) is 3.03. The van der Waals surface area contributed by atoms with Crippen molar-refractivity contribution in [3.05, 3.63) is 50.1 Å². The van der Waals surface area contributed by atoms with Crippen LogP contribution in [0.4, 0.5) is 11.6 Å². The van der Waals surface area contributed by atoms with Crippen molar-refractivity contribution in [1.82, 2.24) is 18.7 Å². The number of hydrogen-bond acceptors (Lipinski definition) is 4. The topological polar surface area (TPSA) is 65.1 Å². The molecular formula is C20H24ClN5O2. The maximum Gasteiger partial charge on any atom is 0.332 e. The Balaban J connectivity index is 1.99. The summed E-state index contributed by atoms with van der Waals surface area (Å²) in [6, 6.07) is 7.57. The fraction of sp³-hybridized carbons (Fsp3) is 0.450. The van der Waals surface area contributed by atoms with E-state index in [1.807, 2.05) is 42.7 Å². The van der Waals surface area contributed by atoms with E-state index in [-0.39, 0.29) is 17.2 Å². The second-order valence-corrected chi connectivity index (χ2v) is 8.47. The molecule has 148 valence electrons. The molecule has 28 heavy (non-hydrogen) atoms. The lowest BCUT2D eigenvalue weighted by Crippen LogP contribution is -2.41. The van der Waals surface area contributed by atoms with Crippen LogP contribution in [0.25, 0.3) is 11.2 Å². The minimum absolute atomic E-state index is 0.191. The molecule has 0 aliphatic carbocycles. The summed E-state index contributed by atoms with van der Waals surface area (Å²) in [5.74, 6) is 1.19. The summed E-state index contributed by atoms with van der Waals surface area (Å²) in [6.45, 7) is 7.98. The molecule has 0 N–H and O–H groups in total. The highest BCUT2D eigenvalue weighted by atomic mass is 35.5. The first-order valence-electron chi connectivity index (χ1n) is 9.51. The van der Waals surface area contributed by atoms with Gasteiger partial charge in [-0.3, -0.25) is 13.9 Å². The smallest absolute Gasteiger partial charge is 0.312 e. The maximum absolute atomic E-state index is 13.2. The van der Waals surface area contributed by atoms with Gasteiger partial charge < -0.3 is 9.47 Å². The number of halogens is 1. The van der Waals surface area contributed by atoms with E-state index in [1.165, 1.54) is 9.13 Å². The molecule has 2 aromatic heterocycles. The van der Waals surface area contributed by atoms with Crippen molar-refractivity contribution in [3.63, 3.8) is 0 Å². The van der Waals surface area contributed by atoms with E-state index in [0.29, 0.717) is 41.1 Å². The highest BCUT2D eigenvalue weighted by molar-refractivity contribution is 6.30. The minimum Gasteiger partial charge on any atom is -0.312 e. The molecule has 7 nitrogen and oxygen atoms in total. The summed E-state index contributed by atoms with van der Waals surface area (Å²) < 4.78 is 4.76. The third kappa shape index (κ3) is 2.94. The second kappa shape index (κ2) is 6.81. The van der Waals surface area contributed by atoms with Crippen LogP contribution < -0.4 is 16.1 Å². The molecule has 3 aromatic rings. The number of aryl methyl sites for hydroxylation is 1. The lowest BCUT2D eigenvalue weighted by Gasteiger charge is -2.33. The molecule has 1 aliphatic heterocycles. The van der Waals surface area contributed by atoms with Gasteiger partial charge in [0.2, 0.25) is 5.95 Å². The van der Waals surface area contributed by atoms with Crippen molar-refractivity contribution in [2.75, 3.05) is 11.4 Å². The third-order valence-corrected chi connectivity index (χ3v) is 5.38. The zero-order valence-corrected chi connectivity index (χ0v) is 17.3. The molecule has 1 unspecified atom stereocenters. The van der Waals surface area contributed by atoms with Crippen LogP contribution in [0.15, 0.2) is 33.9 Å². The van der Waals surface area contributed by atoms with Crippen LogP contribution >= 0.6 is 11.6 Å². The lowest BCUT2D eigenvalue weighted by atomic mass is 10.1. The highest BCUT2D eigenvalue weighted by Crippen LogP contribution is 2.33. The van der Waals surface area contributed by atoms with E-state index in [1.54, 1.807) is 7.05 Å². The summed E-state index contributed by atoms with van der Waals surface area (Å²) in [5, 5.41) is 0.668. The van der Waals surface area contributed by atoms with Crippen molar-refractivity contribution in [3.8, 4) is 0 Å². The maximum atomic E-state index is 13.2. The summed E-state index contributed by atoms with van der Waals surface area (Å²) >= 11 is 6.04. The average molecular weight is 402 g/mol. The molecule has 0 radical (unpaired) electrons. The Morgan fingerprint density at radius 1 is 1.18 bits per heavy atom. The van der Waals surface area contributed by atoms with E-state index in [0.717, 1.165) is 12.2 Å². The van der Waals surface area contributed by atoms with E-state index < -0.39 is 0 Å². The number of nitrogens with zero attached hydrogens (tertiary/aromatic N) is 5. The summed E-state index contributed by atoms with van der Waals surface area (Å²) in [4.78, 5) is 32.8. The van der Waals surface area contributed by atoms with Gasteiger partial charge in [-0.05, 0) is 36.1 Å². The molecule has 3 heterocycles. The zero-order valence-electron chi connectivity index (χ0n) is 16.5. The van der Waals surface area contributed by atoms with Crippen LogP contribution in [0, 0.1) is 11.8 Å². The first-order valence-corrected chi connectivity index (χ1v) is 9.89. The third-order valence-electron chi connectivity index (χ3n) is 5.13. The SMILES string of the molecule is CC(C)Cn1c(=O)c2c(nc3n2CC(C)CN3c2ccc(Cl)cc2)n(C)c1=O. The monoisotopic (exact) mass is 401 g/mol. The number of benzene rings is 1. The van der Waals surface area contributed by atoms with Crippen molar-refractivity contribution in [2.24, 2.45) is 18.9 Å². The summed E-state index contributed by atoms with van der Waals surface area (Å²) in [7, 11) is 1.68. The Bertz CT molecular complexity index is 1160. The number of rotatable bonds is 3. The molecule has 1 aliphatic rings. The van der Waals surface area contributed by atoms with Gasteiger partial charge in [0, 0.05) is 37.4 Å². The number of imidazole rings is 1. The van der Waals surface area contributed by atoms with Gasteiger partial charge in [0.1, 0.15) is 0 Å². The predicted octanol–water partition coefficient (Wildman–Crippen LogP) is 2.99. The van der Waals surface area contributed by atoms with Crippen molar-refractivity contribution < 1.29 is 0 Å². The Kier molecular flexibility index (Phi) is 4.57. The van der Waals surface area contributed by atoms with E-state index >= 15 is 0 Å². The molecule has 1 aromatic carbocycles. The Hall–Kier alpha value is -2.54. The van der Waals surface area contributed by atoms with Gasteiger partial charge in [0.25, 0.3) is 5.56 Å². The summed E-state index contributed by atoms with van der Waals surface area (Å²) in [6.07, 6.45) is 0. The molecule has 8 heteroatoms. The van der Waals surface area contributed by atoms with Gasteiger partial charge in [-0.15, -0.1) is 0 Å². The molecule has 0 spiro atoms. The number of anilines is 2. The Labute approximate surface area is 167 Å². The van der Waals surface area contributed by atoms with Crippen LogP contribution in [0.3, 0.4) is 0 Å². The quantitative estimate of drug-likeness (QED) is 0.676. The fourth-order valence-corrected chi connectivity index (χ4v) is 4.00. The lowest BCUT2D eigenvalue weighted by molar-refractivity contribution is 0.454. The molecule has 0 amide bonds. The van der Waals surface area contributed by atoms with Gasteiger partial charge >= 0.3 is 5.69 Å². The minimum atomic E-state index is -0.326. The Morgan fingerprint density at radius 2 is 1.86 bits per heavy atom. The number of aromatic nitrogens is 4. The van der Waals surface area contributed by atoms with Crippen LogP contribution in [0.2, 0.25) is 5.02 Å². The standard InChI is InChI=1S/C20H24ClN5O2/c1-12(2)9-26-18(27)16-17(23(4)20(26)28)22-19-24(10-13(3)11-25(16)19)15-7-5-14(21)6-8-15/h5-8,12-13H,9-11H2,1-4H3. The zero-order chi connectivity index (χ0) is 20.2. The second-order valence-electron chi connectivity index (χ2n) is 8.04. The highest BCUT2D eigenvalue weighted by Gasteiger charge is 2.29. The van der Waals surface area contributed by atoms with E-state index in [2.05, 4.69) is 11.8 Å². The number of hydrogen-bond donors (Lipinski definition) is 0. The van der Waals surface area contributed by atoms with Gasteiger partial charge in [-0.1, -0.05) is 32.4 Å². The van der Waals surface area contributed by atoms with E-state index in [4.69, 9.17) is 16.6 Å². The molecular weight excluding hydrogens is 378 g/mol. The van der Waals surface area contributed by atoms with Crippen molar-refractivity contribution >= 4 is 34.4 Å². The molecule has 0 saturated heterocycles. The van der Waals surface area contributed by atoms with Crippen LogP contribution in [-0.4, -0.2) is 25.2 Å². The van der Waals surface area contributed by atoms with Gasteiger partial charge in [-0.25, -0.2) is 4.79 Å². The Morgan fingerprint density at radius 3 is 2.50 bits per heavy atom. The molecule has 4 rings (SSSR count). The van der Waals surface area contributed by atoms with Gasteiger partial charge in [0.15, 0.2) is 11.2 Å². The molecule has 1 atom stereocenters. The number of fused-ring (bicyclic) bond motifs is 3. The van der Waals surface area contributed by atoms with E-state index in [9.17, 15) is 9.59 Å². The van der Waals surface area contributed by atoms with Crippen molar-refractivity contribution in [2.45, 2.75) is 33.9 Å². The largest absolute Gasteiger partial charge is 0.332 e. The van der Waals surface area contributed by atoms with Gasteiger partial charge in [-0.2, -0.15) is 4.98 Å². The predicted molar refractivity (Wildman–Crippen MR) is 112 cm³/mol. The first-order chi connectivity index (χ1) is 13.3. The van der Waals surface area contributed by atoms with Gasteiger partial charge in [0.05, 0.1) is 0 Å². The van der Waals surface area contributed by atoms with Crippen LogP contribution in [0.1, 0.15) is 20.8 Å².